The highest BCUT2D eigenvalue weighted by Gasteiger charge is 2.17. The molecule has 0 radical (unpaired) electrons. The number of hydrogen-bond acceptors (Lipinski definition) is 4. The van der Waals surface area contributed by atoms with E-state index in [2.05, 4.69) is 10.4 Å². The van der Waals surface area contributed by atoms with E-state index in [1.807, 2.05) is 10.8 Å². The Labute approximate surface area is 82.5 Å². The Kier molecular flexibility index (Phi) is 2.37. The molecule has 1 aliphatic rings. The van der Waals surface area contributed by atoms with Crippen LogP contribution in [0.3, 0.4) is 0 Å². The van der Waals surface area contributed by atoms with Crippen molar-refractivity contribution in [2.75, 3.05) is 18.8 Å². The molecule has 1 aliphatic heterocycles. The van der Waals surface area contributed by atoms with Crippen LogP contribution in [0, 0.1) is 11.3 Å². The van der Waals surface area contributed by atoms with Gasteiger partial charge in [-0.2, -0.15) is 10.4 Å². The summed E-state index contributed by atoms with van der Waals surface area (Å²) in [5.74, 6) is 0.339. The largest absolute Gasteiger partial charge is 0.381 e. The van der Waals surface area contributed by atoms with Crippen LogP contribution >= 0.6 is 0 Å². The molecule has 5 nitrogen and oxygen atoms in total. The third-order valence-corrected chi connectivity index (χ3v) is 2.56. The van der Waals surface area contributed by atoms with E-state index in [1.165, 1.54) is 0 Å². The van der Waals surface area contributed by atoms with E-state index in [4.69, 9.17) is 11.0 Å². The van der Waals surface area contributed by atoms with Gasteiger partial charge in [0.1, 0.15) is 11.6 Å². The van der Waals surface area contributed by atoms with Gasteiger partial charge >= 0.3 is 0 Å². The summed E-state index contributed by atoms with van der Waals surface area (Å²) in [7, 11) is 0. The van der Waals surface area contributed by atoms with Crippen molar-refractivity contribution >= 4 is 5.82 Å². The van der Waals surface area contributed by atoms with Crippen molar-refractivity contribution in [2.24, 2.45) is 0 Å². The van der Waals surface area contributed by atoms with Crippen molar-refractivity contribution in [1.82, 2.24) is 15.1 Å². The zero-order valence-electron chi connectivity index (χ0n) is 7.90. The van der Waals surface area contributed by atoms with E-state index in [0.29, 0.717) is 17.4 Å². The van der Waals surface area contributed by atoms with E-state index in [0.717, 1.165) is 25.9 Å². The van der Waals surface area contributed by atoms with E-state index >= 15 is 0 Å². The maximum Gasteiger partial charge on any atom is 0.163 e. The first kappa shape index (κ1) is 9.03. The quantitative estimate of drug-likeness (QED) is 0.667. The van der Waals surface area contributed by atoms with E-state index in [9.17, 15) is 0 Å². The maximum absolute atomic E-state index is 8.73. The lowest BCUT2D eigenvalue weighted by Gasteiger charge is -2.22. The van der Waals surface area contributed by atoms with Crippen molar-refractivity contribution in [3.8, 4) is 6.07 Å². The fraction of sp³-hybridized carbons (Fsp3) is 0.556. The molecule has 14 heavy (non-hydrogen) atoms. The smallest absolute Gasteiger partial charge is 0.163 e. The third-order valence-electron chi connectivity index (χ3n) is 2.56. The van der Waals surface area contributed by atoms with Crippen molar-refractivity contribution in [3.05, 3.63) is 11.8 Å². The maximum atomic E-state index is 8.73. The van der Waals surface area contributed by atoms with E-state index in [-0.39, 0.29) is 0 Å². The van der Waals surface area contributed by atoms with Gasteiger partial charge in [-0.3, -0.25) is 4.68 Å². The minimum Gasteiger partial charge on any atom is -0.381 e. The molecule has 2 heterocycles. The SMILES string of the molecule is N#Cc1cn(C2CCNCC2)nc1N. The minimum atomic E-state index is 0.339. The summed E-state index contributed by atoms with van der Waals surface area (Å²) in [4.78, 5) is 0. The number of nitrogens with zero attached hydrogens (tertiary/aromatic N) is 3. The average molecular weight is 191 g/mol. The van der Waals surface area contributed by atoms with Gasteiger partial charge < -0.3 is 11.1 Å². The molecule has 1 fully saturated rings. The van der Waals surface area contributed by atoms with Crippen LogP contribution in [0.1, 0.15) is 24.4 Å². The number of nitrogens with two attached hydrogens (primary N) is 1. The van der Waals surface area contributed by atoms with Crippen LogP contribution in [0.4, 0.5) is 5.82 Å². The molecular weight excluding hydrogens is 178 g/mol. The Morgan fingerprint density at radius 3 is 2.86 bits per heavy atom. The topological polar surface area (TPSA) is 79.7 Å². The van der Waals surface area contributed by atoms with Gasteiger partial charge in [0, 0.05) is 6.20 Å². The summed E-state index contributed by atoms with van der Waals surface area (Å²) in [5, 5.41) is 16.2. The van der Waals surface area contributed by atoms with Crippen LogP contribution in [-0.4, -0.2) is 22.9 Å². The molecule has 3 N–H and O–H groups in total. The number of piperidine rings is 1. The zero-order chi connectivity index (χ0) is 9.97. The van der Waals surface area contributed by atoms with Crippen LogP contribution in [0.5, 0.6) is 0 Å². The molecule has 5 heteroatoms. The number of nitriles is 1. The molecule has 1 aromatic heterocycles. The molecule has 0 bridgehead atoms. The molecule has 0 aliphatic carbocycles. The number of nitrogens with one attached hydrogen (secondary N) is 1. The lowest BCUT2D eigenvalue weighted by Crippen LogP contribution is -2.29. The van der Waals surface area contributed by atoms with Gasteiger partial charge in [0.15, 0.2) is 5.82 Å². The van der Waals surface area contributed by atoms with Gasteiger partial charge in [-0.25, -0.2) is 0 Å². The molecule has 74 valence electrons. The number of anilines is 1. The van der Waals surface area contributed by atoms with Crippen LogP contribution in [0.2, 0.25) is 0 Å². The Hall–Kier alpha value is -1.54. The third kappa shape index (κ3) is 1.56. The van der Waals surface area contributed by atoms with Crippen molar-refractivity contribution < 1.29 is 0 Å². The van der Waals surface area contributed by atoms with Crippen LogP contribution in [0.25, 0.3) is 0 Å². The average Bonchev–Trinajstić information content (AvgIpc) is 2.61. The first-order valence-corrected chi connectivity index (χ1v) is 4.76. The summed E-state index contributed by atoms with van der Waals surface area (Å²) in [6, 6.07) is 2.42. The van der Waals surface area contributed by atoms with Crippen LogP contribution in [0.15, 0.2) is 6.20 Å². The Bertz CT molecular complexity index is 356. The van der Waals surface area contributed by atoms with Gasteiger partial charge in [0.2, 0.25) is 0 Å². The van der Waals surface area contributed by atoms with Gasteiger partial charge in [0.05, 0.1) is 6.04 Å². The van der Waals surface area contributed by atoms with Crippen molar-refractivity contribution in [2.45, 2.75) is 18.9 Å². The first-order chi connectivity index (χ1) is 6.81. The standard InChI is InChI=1S/C9H13N5/c10-5-7-6-14(13-9(7)11)8-1-3-12-4-2-8/h6,8,12H,1-4H2,(H2,11,13). The van der Waals surface area contributed by atoms with Gasteiger partial charge in [0.25, 0.3) is 0 Å². The van der Waals surface area contributed by atoms with Crippen molar-refractivity contribution in [3.63, 3.8) is 0 Å². The molecule has 0 saturated carbocycles. The number of nitrogen functional groups attached to an aromatic ring is 1. The highest BCUT2D eigenvalue weighted by molar-refractivity contribution is 5.46. The minimum absolute atomic E-state index is 0.339. The highest BCUT2D eigenvalue weighted by Crippen LogP contribution is 2.19. The van der Waals surface area contributed by atoms with E-state index in [1.54, 1.807) is 6.20 Å². The molecule has 0 atom stereocenters. The van der Waals surface area contributed by atoms with Crippen molar-refractivity contribution in [1.29, 1.82) is 5.26 Å². The summed E-state index contributed by atoms with van der Waals surface area (Å²) < 4.78 is 1.83. The Balaban J connectivity index is 2.19. The molecule has 2 rings (SSSR count). The monoisotopic (exact) mass is 191 g/mol. The van der Waals surface area contributed by atoms with Gasteiger partial charge in [-0.05, 0) is 25.9 Å². The lowest BCUT2D eigenvalue weighted by molar-refractivity contribution is 0.344. The van der Waals surface area contributed by atoms with E-state index < -0.39 is 0 Å². The molecule has 0 unspecified atom stereocenters. The normalized spacial score (nSPS) is 17.9. The summed E-state index contributed by atoms with van der Waals surface area (Å²) in [6.45, 7) is 2.01. The predicted octanol–water partition coefficient (Wildman–Crippen LogP) is 0.261. The molecule has 1 aromatic rings. The summed E-state index contributed by atoms with van der Waals surface area (Å²) >= 11 is 0. The Morgan fingerprint density at radius 1 is 1.57 bits per heavy atom. The fourth-order valence-electron chi connectivity index (χ4n) is 1.75. The second-order valence-electron chi connectivity index (χ2n) is 3.50. The Morgan fingerprint density at radius 2 is 2.29 bits per heavy atom. The second-order valence-corrected chi connectivity index (χ2v) is 3.50. The molecule has 0 amide bonds. The molecular formula is C9H13N5. The number of rotatable bonds is 1. The highest BCUT2D eigenvalue weighted by atomic mass is 15.3. The van der Waals surface area contributed by atoms with Gasteiger partial charge in [-0.1, -0.05) is 0 Å². The fourth-order valence-corrected chi connectivity index (χ4v) is 1.75. The number of aromatic nitrogens is 2. The lowest BCUT2D eigenvalue weighted by atomic mass is 10.1. The first-order valence-electron chi connectivity index (χ1n) is 4.76. The zero-order valence-corrected chi connectivity index (χ0v) is 7.90. The summed E-state index contributed by atoms with van der Waals surface area (Å²) in [5.41, 5.74) is 6.06. The predicted molar refractivity (Wildman–Crippen MR) is 52.5 cm³/mol. The van der Waals surface area contributed by atoms with Gasteiger partial charge in [-0.15, -0.1) is 0 Å². The molecule has 0 aromatic carbocycles. The summed E-state index contributed by atoms with van der Waals surface area (Å²) in [6.07, 6.45) is 3.84. The van der Waals surface area contributed by atoms with Crippen LogP contribution < -0.4 is 11.1 Å². The second kappa shape index (κ2) is 3.68. The number of hydrogen-bond donors (Lipinski definition) is 2. The molecule has 1 saturated heterocycles. The van der Waals surface area contributed by atoms with Crippen LogP contribution in [-0.2, 0) is 0 Å². The molecule has 0 spiro atoms.